The van der Waals surface area contributed by atoms with Crippen molar-refractivity contribution in [3.63, 3.8) is 0 Å². The third kappa shape index (κ3) is 3.86. The van der Waals surface area contributed by atoms with Crippen LogP contribution >= 0.6 is 11.3 Å². The third-order valence-corrected chi connectivity index (χ3v) is 3.71. The highest BCUT2D eigenvalue weighted by Gasteiger charge is 2.07. The van der Waals surface area contributed by atoms with E-state index in [0.29, 0.717) is 32.8 Å². The van der Waals surface area contributed by atoms with Gasteiger partial charge in [0.05, 0.1) is 17.9 Å². The van der Waals surface area contributed by atoms with Crippen molar-refractivity contribution < 1.29 is 14.2 Å². The summed E-state index contributed by atoms with van der Waals surface area (Å²) in [5, 5.41) is 11.5. The monoisotopic (exact) mass is 291 g/mol. The number of hydrogen-bond acceptors (Lipinski definition) is 5. The summed E-state index contributed by atoms with van der Waals surface area (Å²) in [6, 6.07) is 6.24. The van der Waals surface area contributed by atoms with Gasteiger partial charge in [-0.25, -0.2) is 0 Å². The summed E-state index contributed by atoms with van der Waals surface area (Å²) in [6.45, 7) is 4.20. The molecule has 2 rings (SSSR count). The molecular weight excluding hydrogens is 274 g/mol. The first-order valence-corrected chi connectivity index (χ1v) is 7.44. The van der Waals surface area contributed by atoms with Gasteiger partial charge in [0.2, 0.25) is 0 Å². The average Bonchev–Trinajstić information content (AvgIpc) is 2.93. The van der Waals surface area contributed by atoms with Crippen LogP contribution in [0.3, 0.4) is 0 Å². The van der Waals surface area contributed by atoms with E-state index < -0.39 is 0 Å². The number of hydrogen-bond donors (Lipinski definition) is 0. The topological polar surface area (TPSA) is 51.5 Å². The minimum absolute atomic E-state index is 0.392. The van der Waals surface area contributed by atoms with E-state index >= 15 is 0 Å². The second-order valence-electron chi connectivity index (χ2n) is 4.21. The molecule has 0 N–H and O–H groups in total. The number of rotatable bonds is 8. The molecule has 4 nitrogen and oxygen atoms in total. The zero-order chi connectivity index (χ0) is 14.2. The van der Waals surface area contributed by atoms with Gasteiger partial charge in [0, 0.05) is 13.0 Å². The van der Waals surface area contributed by atoms with Crippen molar-refractivity contribution in [2.45, 2.75) is 20.0 Å². The molecule has 0 saturated carbocycles. The summed E-state index contributed by atoms with van der Waals surface area (Å²) in [6.07, 6.45) is 2.34. The number of benzene rings is 1. The fourth-order valence-corrected chi connectivity index (χ4v) is 2.73. The molecule has 0 fully saturated rings. The molecule has 20 heavy (non-hydrogen) atoms. The van der Waals surface area contributed by atoms with E-state index in [2.05, 4.69) is 22.2 Å². The molecule has 0 aliphatic rings. The molecule has 0 aliphatic carbocycles. The molecule has 1 aromatic carbocycles. The predicted octanol–water partition coefficient (Wildman–Crippen LogP) is 3.70. The van der Waals surface area contributed by atoms with Crippen molar-refractivity contribution in [1.82, 2.24) is 0 Å². The predicted molar refractivity (Wildman–Crippen MR) is 78.8 cm³/mol. The number of ether oxygens (including phenoxy) is 3. The van der Waals surface area contributed by atoms with Crippen LogP contribution in [0.2, 0.25) is 0 Å². The Morgan fingerprint density at radius 2 is 2.20 bits per heavy atom. The van der Waals surface area contributed by atoms with E-state index in [-0.39, 0.29) is 0 Å². The van der Waals surface area contributed by atoms with E-state index in [1.54, 1.807) is 17.6 Å². The van der Waals surface area contributed by atoms with Crippen LogP contribution in [-0.4, -0.2) is 19.8 Å². The molecule has 2 aromatic rings. The molecule has 0 bridgehead atoms. The minimum Gasteiger partial charge on any atom is -0.492 e. The molecule has 0 radical (unpaired) electrons. The first-order chi connectivity index (χ1) is 9.85. The average molecular weight is 291 g/mol. The van der Waals surface area contributed by atoms with Gasteiger partial charge in [-0.1, -0.05) is 0 Å². The van der Waals surface area contributed by atoms with Crippen molar-refractivity contribution in [2.24, 2.45) is 0 Å². The maximum atomic E-state index is 8.29. The van der Waals surface area contributed by atoms with Gasteiger partial charge in [-0.3, -0.25) is 0 Å². The summed E-state index contributed by atoms with van der Waals surface area (Å²) < 4.78 is 17.0. The van der Waals surface area contributed by atoms with Crippen molar-refractivity contribution >= 4 is 21.4 Å². The summed E-state index contributed by atoms with van der Waals surface area (Å²) in [7, 11) is 0. The van der Waals surface area contributed by atoms with Crippen molar-refractivity contribution in [3.8, 4) is 12.0 Å². The van der Waals surface area contributed by atoms with Crippen LogP contribution in [0.1, 0.15) is 18.9 Å². The summed E-state index contributed by atoms with van der Waals surface area (Å²) in [4.78, 5) is 0. The van der Waals surface area contributed by atoms with Crippen LogP contribution in [0.5, 0.6) is 5.75 Å². The smallest absolute Gasteiger partial charge is 0.286 e. The Morgan fingerprint density at radius 1 is 1.30 bits per heavy atom. The van der Waals surface area contributed by atoms with Gasteiger partial charge in [-0.15, -0.1) is 11.3 Å². The lowest BCUT2D eigenvalue weighted by molar-refractivity contribution is 0.134. The molecule has 0 atom stereocenters. The number of fused-ring (bicyclic) bond motifs is 1. The summed E-state index contributed by atoms with van der Waals surface area (Å²) in [5.74, 6) is 0.879. The Morgan fingerprint density at radius 3 is 3.00 bits per heavy atom. The number of thiophene rings is 1. The number of nitriles is 1. The maximum Gasteiger partial charge on any atom is 0.286 e. The molecule has 0 amide bonds. The van der Waals surface area contributed by atoms with Gasteiger partial charge in [-0.05, 0) is 41.5 Å². The van der Waals surface area contributed by atoms with Crippen LogP contribution in [-0.2, 0) is 16.1 Å². The van der Waals surface area contributed by atoms with E-state index in [9.17, 15) is 0 Å². The fourth-order valence-electron chi connectivity index (χ4n) is 1.88. The maximum absolute atomic E-state index is 8.29. The quantitative estimate of drug-likeness (QED) is 0.549. The van der Waals surface area contributed by atoms with Crippen LogP contribution in [0.15, 0.2) is 23.6 Å². The second kappa shape index (κ2) is 7.73. The van der Waals surface area contributed by atoms with Gasteiger partial charge in [-0.2, -0.15) is 5.26 Å². The van der Waals surface area contributed by atoms with Crippen LogP contribution in [0.25, 0.3) is 10.1 Å². The molecule has 0 unspecified atom stereocenters. The third-order valence-electron chi connectivity index (χ3n) is 2.76. The van der Waals surface area contributed by atoms with Crippen molar-refractivity contribution in [1.29, 1.82) is 5.26 Å². The highest BCUT2D eigenvalue weighted by Crippen LogP contribution is 2.32. The number of nitrogens with zero attached hydrogens (tertiary/aromatic N) is 1. The SMILES string of the molecule is CCOCc1cc(OCCCOC#N)c2sccc2c1. The lowest BCUT2D eigenvalue weighted by atomic mass is 10.1. The lowest BCUT2D eigenvalue weighted by Crippen LogP contribution is -2.02. The van der Waals surface area contributed by atoms with E-state index in [1.807, 2.05) is 13.0 Å². The highest BCUT2D eigenvalue weighted by molar-refractivity contribution is 7.17. The van der Waals surface area contributed by atoms with E-state index in [1.165, 1.54) is 5.39 Å². The standard InChI is InChI=1S/C15H17NO3S/c1-2-17-10-12-8-13-4-7-20-15(13)14(9-12)19-6-3-5-18-11-16/h4,7-9H,2-3,5-6,10H2,1H3. The van der Waals surface area contributed by atoms with Gasteiger partial charge in [0.15, 0.2) is 0 Å². The second-order valence-corrected chi connectivity index (χ2v) is 5.13. The Hall–Kier alpha value is -1.77. The Balaban J connectivity index is 2.05. The fraction of sp³-hybridized carbons (Fsp3) is 0.400. The van der Waals surface area contributed by atoms with Crippen molar-refractivity contribution in [3.05, 3.63) is 29.1 Å². The van der Waals surface area contributed by atoms with Gasteiger partial charge in [0.1, 0.15) is 12.4 Å². The zero-order valence-corrected chi connectivity index (χ0v) is 12.2. The van der Waals surface area contributed by atoms with Crippen molar-refractivity contribution in [2.75, 3.05) is 19.8 Å². The largest absolute Gasteiger partial charge is 0.492 e. The molecule has 0 saturated heterocycles. The molecule has 1 aromatic heterocycles. The van der Waals surface area contributed by atoms with Crippen LogP contribution in [0, 0.1) is 11.5 Å². The van der Waals surface area contributed by atoms with Crippen LogP contribution in [0.4, 0.5) is 0 Å². The zero-order valence-electron chi connectivity index (χ0n) is 11.4. The Labute approximate surface area is 122 Å². The van der Waals surface area contributed by atoms with Gasteiger partial charge in [0.25, 0.3) is 6.26 Å². The molecule has 0 aliphatic heterocycles. The molecule has 0 spiro atoms. The molecule has 106 valence electrons. The Bertz CT molecular complexity index is 588. The molecule has 1 heterocycles. The molecule has 5 heteroatoms. The molecular formula is C15H17NO3S. The van der Waals surface area contributed by atoms with E-state index in [4.69, 9.17) is 14.7 Å². The summed E-state index contributed by atoms with van der Waals surface area (Å²) >= 11 is 1.67. The van der Waals surface area contributed by atoms with E-state index in [0.717, 1.165) is 16.0 Å². The minimum atomic E-state index is 0.392. The lowest BCUT2D eigenvalue weighted by Gasteiger charge is -2.09. The Kier molecular flexibility index (Phi) is 5.66. The van der Waals surface area contributed by atoms with Crippen LogP contribution < -0.4 is 4.74 Å². The highest BCUT2D eigenvalue weighted by atomic mass is 32.1. The summed E-state index contributed by atoms with van der Waals surface area (Å²) in [5.41, 5.74) is 1.11. The van der Waals surface area contributed by atoms with Gasteiger partial charge < -0.3 is 14.2 Å². The van der Waals surface area contributed by atoms with Gasteiger partial charge >= 0.3 is 0 Å². The first kappa shape index (κ1) is 14.6. The normalized spacial score (nSPS) is 10.4. The first-order valence-electron chi connectivity index (χ1n) is 6.56.